The number of ether oxygens (including phenoxy) is 2. The second kappa shape index (κ2) is 9.43. The van der Waals surface area contributed by atoms with Crippen molar-refractivity contribution in [1.29, 1.82) is 5.26 Å². The van der Waals surface area contributed by atoms with Crippen LogP contribution in [-0.2, 0) is 10.2 Å². The van der Waals surface area contributed by atoms with Gasteiger partial charge in [-0.3, -0.25) is 4.79 Å². The van der Waals surface area contributed by atoms with Gasteiger partial charge in [0, 0.05) is 10.0 Å². The molecule has 0 radical (unpaired) electrons. The molecule has 28 heavy (non-hydrogen) atoms. The molecule has 0 saturated carbocycles. The Morgan fingerprint density at radius 1 is 1.14 bits per heavy atom. The Kier molecular flexibility index (Phi) is 7.24. The molecule has 2 aromatic carbocycles. The SMILES string of the molecule is CC(C)(C)c1ccc(OCCOc2ccc(Br)cc2/C=C(\C#N)C(N)=O)cc1. The number of nitriles is 1. The van der Waals surface area contributed by atoms with Crippen molar-refractivity contribution in [1.82, 2.24) is 0 Å². The number of benzene rings is 2. The van der Waals surface area contributed by atoms with Crippen molar-refractivity contribution in [3.8, 4) is 17.6 Å². The van der Waals surface area contributed by atoms with E-state index in [2.05, 4.69) is 48.8 Å². The molecule has 0 aliphatic carbocycles. The molecule has 0 aliphatic heterocycles. The van der Waals surface area contributed by atoms with Crippen molar-refractivity contribution in [3.05, 3.63) is 63.6 Å². The lowest BCUT2D eigenvalue weighted by atomic mass is 9.87. The van der Waals surface area contributed by atoms with Crippen LogP contribution in [0.4, 0.5) is 0 Å². The summed E-state index contributed by atoms with van der Waals surface area (Å²) in [5.41, 5.74) is 6.98. The fraction of sp³-hybridized carbons (Fsp3) is 0.273. The van der Waals surface area contributed by atoms with Crippen LogP contribution >= 0.6 is 15.9 Å². The Morgan fingerprint density at radius 3 is 2.36 bits per heavy atom. The highest BCUT2D eigenvalue weighted by Gasteiger charge is 2.13. The molecule has 2 rings (SSSR count). The van der Waals surface area contributed by atoms with E-state index in [1.165, 1.54) is 11.6 Å². The van der Waals surface area contributed by atoms with Crippen LogP contribution in [-0.4, -0.2) is 19.1 Å². The largest absolute Gasteiger partial charge is 0.490 e. The maximum absolute atomic E-state index is 11.3. The number of amides is 1. The molecular weight excluding hydrogens is 420 g/mol. The smallest absolute Gasteiger partial charge is 0.259 e. The maximum atomic E-state index is 11.3. The third kappa shape index (κ3) is 6.14. The standard InChI is InChI=1S/C22H23BrN2O3/c1-22(2,3)17-4-7-19(8-5-17)27-10-11-28-20-9-6-18(23)13-15(20)12-16(14-24)21(25)26/h4-9,12-13H,10-11H2,1-3H3,(H2,25,26)/b16-12+. The molecule has 5 nitrogen and oxygen atoms in total. The van der Waals surface area contributed by atoms with Crippen LogP contribution in [0.25, 0.3) is 6.08 Å². The van der Waals surface area contributed by atoms with Crippen LogP contribution in [0.15, 0.2) is 52.5 Å². The molecule has 146 valence electrons. The zero-order valence-corrected chi connectivity index (χ0v) is 17.7. The minimum Gasteiger partial charge on any atom is -0.490 e. The lowest BCUT2D eigenvalue weighted by Crippen LogP contribution is -2.13. The number of carbonyl (C=O) groups excluding carboxylic acids is 1. The molecule has 0 unspecified atom stereocenters. The molecular formula is C22H23BrN2O3. The summed E-state index contributed by atoms with van der Waals surface area (Å²) in [6, 6.07) is 15.1. The van der Waals surface area contributed by atoms with Crippen LogP contribution in [0.3, 0.4) is 0 Å². The minimum absolute atomic E-state index is 0.0976. The van der Waals surface area contributed by atoms with E-state index in [1.807, 2.05) is 18.2 Å². The van der Waals surface area contributed by atoms with E-state index in [-0.39, 0.29) is 11.0 Å². The third-order valence-corrected chi connectivity index (χ3v) is 4.48. The van der Waals surface area contributed by atoms with E-state index in [4.69, 9.17) is 20.5 Å². The molecule has 0 atom stereocenters. The number of hydrogen-bond donors (Lipinski definition) is 1. The molecule has 1 amide bonds. The molecule has 0 saturated heterocycles. The summed E-state index contributed by atoms with van der Waals surface area (Å²) in [6.45, 7) is 7.15. The van der Waals surface area contributed by atoms with Crippen LogP contribution in [0.1, 0.15) is 31.9 Å². The lowest BCUT2D eigenvalue weighted by molar-refractivity contribution is -0.114. The van der Waals surface area contributed by atoms with Crippen LogP contribution in [0, 0.1) is 11.3 Å². The molecule has 2 N–H and O–H groups in total. The maximum Gasteiger partial charge on any atom is 0.259 e. The van der Waals surface area contributed by atoms with E-state index in [1.54, 1.807) is 18.2 Å². The minimum atomic E-state index is -0.782. The summed E-state index contributed by atoms with van der Waals surface area (Å²) in [4.78, 5) is 11.3. The second-order valence-electron chi connectivity index (χ2n) is 7.19. The topological polar surface area (TPSA) is 85.3 Å². The summed E-state index contributed by atoms with van der Waals surface area (Å²) in [5.74, 6) is 0.521. The van der Waals surface area contributed by atoms with Gasteiger partial charge in [0.15, 0.2) is 0 Å². The molecule has 6 heteroatoms. The second-order valence-corrected chi connectivity index (χ2v) is 8.10. The van der Waals surface area contributed by atoms with Crippen molar-refractivity contribution < 1.29 is 14.3 Å². The monoisotopic (exact) mass is 442 g/mol. The number of primary amides is 1. The van der Waals surface area contributed by atoms with E-state index in [0.717, 1.165) is 10.2 Å². The van der Waals surface area contributed by atoms with Gasteiger partial charge in [-0.1, -0.05) is 48.8 Å². The molecule has 0 spiro atoms. The van der Waals surface area contributed by atoms with Crippen molar-refractivity contribution in [2.75, 3.05) is 13.2 Å². The van der Waals surface area contributed by atoms with Crippen LogP contribution in [0.2, 0.25) is 0 Å². The van der Waals surface area contributed by atoms with Crippen molar-refractivity contribution in [2.45, 2.75) is 26.2 Å². The fourth-order valence-corrected chi connectivity index (χ4v) is 2.82. The molecule has 0 aromatic heterocycles. The number of halogens is 1. The summed E-state index contributed by atoms with van der Waals surface area (Å²) < 4.78 is 12.3. The average Bonchev–Trinajstić information content (AvgIpc) is 2.64. The lowest BCUT2D eigenvalue weighted by Gasteiger charge is -2.19. The van der Waals surface area contributed by atoms with Gasteiger partial charge < -0.3 is 15.2 Å². The van der Waals surface area contributed by atoms with Crippen molar-refractivity contribution in [3.63, 3.8) is 0 Å². The van der Waals surface area contributed by atoms with Gasteiger partial charge in [0.25, 0.3) is 5.91 Å². The molecule has 0 bridgehead atoms. The molecule has 2 aromatic rings. The molecule has 0 aliphatic rings. The van der Waals surface area contributed by atoms with Crippen LogP contribution in [0.5, 0.6) is 11.5 Å². The highest BCUT2D eigenvalue weighted by molar-refractivity contribution is 9.10. The number of nitrogens with zero attached hydrogens (tertiary/aromatic N) is 1. The number of carbonyl (C=O) groups is 1. The number of hydrogen-bond acceptors (Lipinski definition) is 4. The first-order chi connectivity index (χ1) is 13.2. The van der Waals surface area contributed by atoms with Gasteiger partial charge in [-0.05, 0) is 47.4 Å². The van der Waals surface area contributed by atoms with Crippen LogP contribution < -0.4 is 15.2 Å². The predicted octanol–water partition coefficient (Wildman–Crippen LogP) is 4.60. The first-order valence-electron chi connectivity index (χ1n) is 8.78. The Labute approximate surface area is 173 Å². The summed E-state index contributed by atoms with van der Waals surface area (Å²) in [7, 11) is 0. The summed E-state index contributed by atoms with van der Waals surface area (Å²) >= 11 is 3.37. The molecule has 0 heterocycles. The summed E-state index contributed by atoms with van der Waals surface area (Å²) in [5, 5.41) is 9.04. The van der Waals surface area contributed by atoms with E-state index in [9.17, 15) is 4.79 Å². The highest BCUT2D eigenvalue weighted by Crippen LogP contribution is 2.26. The predicted molar refractivity (Wildman–Crippen MR) is 113 cm³/mol. The zero-order valence-electron chi connectivity index (χ0n) is 16.2. The average molecular weight is 443 g/mol. The van der Waals surface area contributed by atoms with Gasteiger partial charge >= 0.3 is 0 Å². The number of rotatable bonds is 7. The summed E-state index contributed by atoms with van der Waals surface area (Å²) in [6.07, 6.45) is 1.41. The van der Waals surface area contributed by atoms with E-state index < -0.39 is 5.91 Å². The Balaban J connectivity index is 2.00. The Hall–Kier alpha value is -2.78. The fourth-order valence-electron chi connectivity index (χ4n) is 2.44. The van der Waals surface area contributed by atoms with Gasteiger partial charge in [-0.25, -0.2) is 0 Å². The first-order valence-corrected chi connectivity index (χ1v) is 9.57. The number of nitrogens with two attached hydrogens (primary N) is 1. The molecule has 0 fully saturated rings. The quantitative estimate of drug-likeness (QED) is 0.385. The van der Waals surface area contributed by atoms with Gasteiger partial charge in [0.05, 0.1) is 0 Å². The van der Waals surface area contributed by atoms with E-state index >= 15 is 0 Å². The zero-order chi connectivity index (χ0) is 20.7. The Morgan fingerprint density at radius 2 is 1.79 bits per heavy atom. The van der Waals surface area contributed by atoms with Gasteiger partial charge in [-0.2, -0.15) is 5.26 Å². The van der Waals surface area contributed by atoms with Gasteiger partial charge in [0.2, 0.25) is 0 Å². The normalized spacial score (nSPS) is 11.6. The van der Waals surface area contributed by atoms with Crippen molar-refractivity contribution in [2.24, 2.45) is 5.73 Å². The third-order valence-electron chi connectivity index (χ3n) is 3.99. The van der Waals surface area contributed by atoms with Gasteiger partial charge in [0.1, 0.15) is 36.4 Å². The van der Waals surface area contributed by atoms with Crippen molar-refractivity contribution >= 4 is 27.9 Å². The van der Waals surface area contributed by atoms with Gasteiger partial charge in [-0.15, -0.1) is 0 Å². The highest BCUT2D eigenvalue weighted by atomic mass is 79.9. The Bertz CT molecular complexity index is 907. The first kappa shape index (κ1) is 21.5. The van der Waals surface area contributed by atoms with E-state index in [0.29, 0.717) is 24.5 Å².